The first kappa shape index (κ1) is 16.3. The largest absolute Gasteiger partial charge is 0.497 e. The molecule has 0 bridgehead atoms. The fraction of sp³-hybridized carbons (Fsp3) is 0.143. The van der Waals surface area contributed by atoms with Gasteiger partial charge in [0.15, 0.2) is 0 Å². The van der Waals surface area contributed by atoms with Crippen LogP contribution in [0, 0.1) is 0 Å². The van der Waals surface area contributed by atoms with Gasteiger partial charge in [-0.2, -0.15) is 0 Å². The highest BCUT2D eigenvalue weighted by Crippen LogP contribution is 2.45. The van der Waals surface area contributed by atoms with E-state index in [1.807, 2.05) is 24.3 Å². The molecule has 2 aromatic carbocycles. The van der Waals surface area contributed by atoms with E-state index in [4.69, 9.17) is 9.47 Å². The van der Waals surface area contributed by atoms with Crippen LogP contribution in [0.4, 0.5) is 0 Å². The monoisotopic (exact) mass is 526 g/mol. The molecule has 20 heavy (non-hydrogen) atoms. The second-order valence-corrected chi connectivity index (χ2v) is 7.35. The normalized spacial score (nSPS) is 10.5. The lowest BCUT2D eigenvalue weighted by atomic mass is 10.1. The van der Waals surface area contributed by atoms with Crippen LogP contribution in [0.5, 0.6) is 11.5 Å². The highest BCUT2D eigenvalue weighted by molar-refractivity contribution is 9.11. The first-order chi connectivity index (χ1) is 9.47. The molecule has 0 aromatic heterocycles. The van der Waals surface area contributed by atoms with E-state index in [-0.39, 0.29) is 0 Å². The number of methoxy groups -OCH3 is 2. The van der Waals surface area contributed by atoms with E-state index in [0.717, 1.165) is 40.5 Å². The molecular formula is C14H10Br4O2. The molecule has 0 amide bonds. The van der Waals surface area contributed by atoms with Crippen molar-refractivity contribution in [3.05, 3.63) is 42.2 Å². The van der Waals surface area contributed by atoms with Crippen molar-refractivity contribution in [1.29, 1.82) is 0 Å². The van der Waals surface area contributed by atoms with Crippen LogP contribution in [0.2, 0.25) is 0 Å². The smallest absolute Gasteiger partial charge is 0.121 e. The highest BCUT2D eigenvalue weighted by Gasteiger charge is 2.17. The van der Waals surface area contributed by atoms with Crippen LogP contribution >= 0.6 is 63.7 Å². The third-order valence-electron chi connectivity index (χ3n) is 2.75. The Hall–Kier alpha value is -0.0400. The topological polar surface area (TPSA) is 18.5 Å². The van der Waals surface area contributed by atoms with Crippen LogP contribution in [0.15, 0.2) is 42.2 Å². The third kappa shape index (κ3) is 3.24. The first-order valence-electron chi connectivity index (χ1n) is 5.54. The lowest BCUT2D eigenvalue weighted by Gasteiger charge is -2.15. The number of rotatable bonds is 3. The van der Waals surface area contributed by atoms with Crippen molar-refractivity contribution in [2.75, 3.05) is 14.2 Å². The minimum atomic E-state index is 0.785. The van der Waals surface area contributed by atoms with Crippen molar-refractivity contribution < 1.29 is 9.47 Å². The maximum absolute atomic E-state index is 5.26. The Labute approximate surface area is 151 Å². The lowest BCUT2D eigenvalue weighted by molar-refractivity contribution is 0.414. The molecule has 0 heterocycles. The Balaban J connectivity index is 2.69. The van der Waals surface area contributed by atoms with Crippen molar-refractivity contribution in [3.63, 3.8) is 0 Å². The average molecular weight is 530 g/mol. The Morgan fingerprint density at radius 3 is 1.05 bits per heavy atom. The second kappa shape index (κ2) is 6.81. The van der Waals surface area contributed by atoms with E-state index in [9.17, 15) is 0 Å². The van der Waals surface area contributed by atoms with Crippen molar-refractivity contribution in [1.82, 2.24) is 0 Å². The molecule has 0 aliphatic rings. The van der Waals surface area contributed by atoms with Gasteiger partial charge in [0.2, 0.25) is 0 Å². The number of benzene rings is 2. The molecular weight excluding hydrogens is 520 g/mol. The molecule has 0 saturated carbocycles. The lowest BCUT2D eigenvalue weighted by Crippen LogP contribution is -1.91. The van der Waals surface area contributed by atoms with Crippen molar-refractivity contribution in [2.24, 2.45) is 0 Å². The van der Waals surface area contributed by atoms with Gasteiger partial charge in [-0.1, -0.05) is 0 Å². The van der Waals surface area contributed by atoms with Gasteiger partial charge in [0, 0.05) is 29.0 Å². The molecule has 2 nitrogen and oxygen atoms in total. The summed E-state index contributed by atoms with van der Waals surface area (Å²) < 4.78 is 14.3. The van der Waals surface area contributed by atoms with E-state index >= 15 is 0 Å². The van der Waals surface area contributed by atoms with E-state index in [2.05, 4.69) is 63.7 Å². The molecule has 0 saturated heterocycles. The van der Waals surface area contributed by atoms with Crippen molar-refractivity contribution in [3.8, 4) is 22.6 Å². The number of hydrogen-bond donors (Lipinski definition) is 0. The van der Waals surface area contributed by atoms with Crippen LogP contribution in [-0.4, -0.2) is 14.2 Å². The number of ether oxygens (including phenoxy) is 2. The van der Waals surface area contributed by atoms with Gasteiger partial charge in [-0.15, -0.1) is 0 Å². The molecule has 2 rings (SSSR count). The summed E-state index contributed by atoms with van der Waals surface area (Å²) in [6.07, 6.45) is 0. The molecule has 0 unspecified atom stereocenters. The predicted molar refractivity (Wildman–Crippen MR) is 95.8 cm³/mol. The quantitative estimate of drug-likeness (QED) is 0.457. The second-order valence-electron chi connectivity index (χ2n) is 3.93. The predicted octanol–water partition coefficient (Wildman–Crippen LogP) is 6.42. The number of halogens is 4. The van der Waals surface area contributed by atoms with Gasteiger partial charge in [0.1, 0.15) is 11.5 Å². The minimum absolute atomic E-state index is 0.785. The fourth-order valence-electron chi connectivity index (χ4n) is 1.81. The van der Waals surface area contributed by atoms with Crippen LogP contribution in [0.25, 0.3) is 11.1 Å². The van der Waals surface area contributed by atoms with Crippen LogP contribution in [-0.2, 0) is 0 Å². The first-order valence-corrected chi connectivity index (χ1v) is 8.71. The molecule has 0 N–H and O–H groups in total. The standard InChI is InChI=1S/C14H10Br4O2/c1-19-7-3-9(15)13(10(16)4-7)14-11(17)5-8(20-2)6-12(14)18/h3-6H,1-2H3. The molecule has 0 atom stereocenters. The third-order valence-corrected chi connectivity index (χ3v) is 5.25. The molecule has 0 spiro atoms. The van der Waals surface area contributed by atoms with E-state index in [0.29, 0.717) is 0 Å². The van der Waals surface area contributed by atoms with E-state index in [1.165, 1.54) is 0 Å². The van der Waals surface area contributed by atoms with Gasteiger partial charge >= 0.3 is 0 Å². The summed E-state index contributed by atoms with van der Waals surface area (Å²) in [4.78, 5) is 0. The summed E-state index contributed by atoms with van der Waals surface area (Å²) in [5.74, 6) is 1.57. The van der Waals surface area contributed by atoms with Crippen LogP contribution < -0.4 is 9.47 Å². The highest BCUT2D eigenvalue weighted by atomic mass is 79.9. The van der Waals surface area contributed by atoms with E-state index < -0.39 is 0 Å². The Morgan fingerprint density at radius 2 is 0.850 bits per heavy atom. The summed E-state index contributed by atoms with van der Waals surface area (Å²) in [6, 6.07) is 7.73. The molecule has 106 valence electrons. The van der Waals surface area contributed by atoms with Gasteiger partial charge < -0.3 is 9.47 Å². The van der Waals surface area contributed by atoms with Gasteiger partial charge in [-0.3, -0.25) is 0 Å². The molecule has 0 radical (unpaired) electrons. The maximum Gasteiger partial charge on any atom is 0.121 e. The minimum Gasteiger partial charge on any atom is -0.497 e. The van der Waals surface area contributed by atoms with Crippen molar-refractivity contribution >= 4 is 63.7 Å². The zero-order chi connectivity index (χ0) is 14.9. The summed E-state index contributed by atoms with van der Waals surface area (Å²) in [6.45, 7) is 0. The zero-order valence-electron chi connectivity index (χ0n) is 10.6. The Bertz CT molecular complexity index is 552. The molecule has 6 heteroatoms. The van der Waals surface area contributed by atoms with Gasteiger partial charge in [0.05, 0.1) is 14.2 Å². The Kier molecular flexibility index (Phi) is 5.56. The van der Waals surface area contributed by atoms with E-state index in [1.54, 1.807) is 14.2 Å². The maximum atomic E-state index is 5.26. The fourth-order valence-corrected chi connectivity index (χ4v) is 4.90. The zero-order valence-corrected chi connectivity index (χ0v) is 17.0. The van der Waals surface area contributed by atoms with Gasteiger partial charge in [-0.05, 0) is 88.0 Å². The van der Waals surface area contributed by atoms with Crippen LogP contribution in [0.1, 0.15) is 0 Å². The van der Waals surface area contributed by atoms with Gasteiger partial charge in [-0.25, -0.2) is 0 Å². The SMILES string of the molecule is COc1cc(Br)c(-c2c(Br)cc(OC)cc2Br)c(Br)c1. The average Bonchev–Trinajstić information content (AvgIpc) is 2.40. The summed E-state index contributed by atoms with van der Waals surface area (Å²) >= 11 is 14.4. The summed E-state index contributed by atoms with van der Waals surface area (Å²) in [5.41, 5.74) is 2.07. The van der Waals surface area contributed by atoms with Crippen LogP contribution in [0.3, 0.4) is 0 Å². The number of hydrogen-bond acceptors (Lipinski definition) is 2. The molecule has 0 aliphatic heterocycles. The summed E-state index contributed by atoms with van der Waals surface area (Å²) in [7, 11) is 3.29. The Morgan fingerprint density at radius 1 is 0.600 bits per heavy atom. The summed E-state index contributed by atoms with van der Waals surface area (Å²) in [5, 5.41) is 0. The van der Waals surface area contributed by atoms with Crippen molar-refractivity contribution in [2.45, 2.75) is 0 Å². The molecule has 0 fully saturated rings. The molecule has 2 aromatic rings. The molecule has 0 aliphatic carbocycles. The van der Waals surface area contributed by atoms with Gasteiger partial charge in [0.25, 0.3) is 0 Å².